The van der Waals surface area contributed by atoms with Crippen LogP contribution in [0.1, 0.15) is 13.3 Å². The SMILES string of the molecule is CN[C@@H](C)C(=S)N[C@@H](CCSC)C(N)O. The highest BCUT2D eigenvalue weighted by atomic mass is 32.2. The van der Waals surface area contributed by atoms with Gasteiger partial charge in [-0.3, -0.25) is 0 Å². The van der Waals surface area contributed by atoms with E-state index in [0.717, 1.165) is 12.2 Å². The van der Waals surface area contributed by atoms with Crippen LogP contribution < -0.4 is 16.4 Å². The zero-order chi connectivity index (χ0) is 11.8. The molecule has 0 spiro atoms. The van der Waals surface area contributed by atoms with Gasteiger partial charge in [-0.1, -0.05) is 12.2 Å². The Labute approximate surface area is 101 Å². The molecule has 0 radical (unpaired) electrons. The Morgan fingerprint density at radius 2 is 2.20 bits per heavy atom. The normalized spacial score (nSPS) is 16.9. The number of hydrogen-bond donors (Lipinski definition) is 4. The Morgan fingerprint density at radius 1 is 1.60 bits per heavy atom. The van der Waals surface area contributed by atoms with Crippen molar-refractivity contribution in [2.24, 2.45) is 5.73 Å². The second kappa shape index (κ2) is 8.29. The monoisotopic (exact) mass is 251 g/mol. The summed E-state index contributed by atoms with van der Waals surface area (Å²) in [6.07, 6.45) is 1.95. The predicted octanol–water partition coefficient (Wildman–Crippen LogP) is -0.0899. The van der Waals surface area contributed by atoms with Gasteiger partial charge in [0.1, 0.15) is 6.23 Å². The van der Waals surface area contributed by atoms with Gasteiger partial charge in [-0.15, -0.1) is 0 Å². The van der Waals surface area contributed by atoms with Crippen molar-refractivity contribution in [1.82, 2.24) is 10.6 Å². The van der Waals surface area contributed by atoms with Crippen LogP contribution in [0.2, 0.25) is 0 Å². The fourth-order valence-electron chi connectivity index (χ4n) is 1.01. The van der Waals surface area contributed by atoms with E-state index in [-0.39, 0.29) is 12.1 Å². The molecule has 1 unspecified atom stereocenters. The Kier molecular flexibility index (Phi) is 8.36. The molecule has 0 aliphatic heterocycles. The first-order valence-electron chi connectivity index (χ1n) is 4.93. The number of thiocarbonyl (C=S) groups is 1. The second-order valence-electron chi connectivity index (χ2n) is 3.40. The van der Waals surface area contributed by atoms with Crippen LogP contribution in [-0.4, -0.2) is 47.5 Å². The highest BCUT2D eigenvalue weighted by Crippen LogP contribution is 2.03. The summed E-state index contributed by atoms with van der Waals surface area (Å²) in [5, 5.41) is 15.5. The maximum Gasteiger partial charge on any atom is 0.122 e. The highest BCUT2D eigenvalue weighted by Gasteiger charge is 2.17. The molecule has 15 heavy (non-hydrogen) atoms. The number of nitrogens with one attached hydrogen (secondary N) is 2. The lowest BCUT2D eigenvalue weighted by molar-refractivity contribution is 0.141. The average molecular weight is 251 g/mol. The molecule has 0 bridgehead atoms. The quantitative estimate of drug-likeness (QED) is 0.374. The van der Waals surface area contributed by atoms with Crippen molar-refractivity contribution in [3.8, 4) is 0 Å². The van der Waals surface area contributed by atoms with E-state index in [2.05, 4.69) is 10.6 Å². The molecular weight excluding hydrogens is 230 g/mol. The third kappa shape index (κ3) is 6.32. The fraction of sp³-hybridized carbons (Fsp3) is 0.889. The maximum absolute atomic E-state index is 9.37. The molecule has 3 atom stereocenters. The fourth-order valence-corrected chi connectivity index (χ4v) is 1.77. The van der Waals surface area contributed by atoms with Crippen molar-refractivity contribution in [2.75, 3.05) is 19.1 Å². The van der Waals surface area contributed by atoms with E-state index < -0.39 is 6.23 Å². The number of thioether (sulfide) groups is 1. The van der Waals surface area contributed by atoms with E-state index in [0.29, 0.717) is 4.99 Å². The number of hydrogen-bond acceptors (Lipinski definition) is 5. The predicted molar refractivity (Wildman–Crippen MR) is 71.2 cm³/mol. The summed E-state index contributed by atoms with van der Waals surface area (Å²) >= 11 is 6.90. The minimum absolute atomic E-state index is 0.0931. The van der Waals surface area contributed by atoms with Crippen LogP contribution in [0, 0.1) is 0 Å². The highest BCUT2D eigenvalue weighted by molar-refractivity contribution is 7.98. The molecular formula is C9H21N3OS2. The number of nitrogens with two attached hydrogens (primary N) is 1. The molecule has 90 valence electrons. The molecule has 0 saturated heterocycles. The van der Waals surface area contributed by atoms with E-state index in [1.165, 1.54) is 0 Å². The zero-order valence-electron chi connectivity index (χ0n) is 9.49. The summed E-state index contributed by atoms with van der Waals surface area (Å²) in [4.78, 5) is 0.688. The molecule has 0 fully saturated rings. The minimum Gasteiger partial charge on any atom is -0.377 e. The molecule has 6 heteroatoms. The van der Waals surface area contributed by atoms with Gasteiger partial charge in [-0.2, -0.15) is 11.8 Å². The Bertz CT molecular complexity index is 190. The summed E-state index contributed by atoms with van der Waals surface area (Å²) < 4.78 is 0. The second-order valence-corrected chi connectivity index (χ2v) is 4.82. The van der Waals surface area contributed by atoms with Crippen LogP contribution in [-0.2, 0) is 0 Å². The van der Waals surface area contributed by atoms with Crippen LogP contribution in [0.25, 0.3) is 0 Å². The number of likely N-dealkylation sites (N-methyl/N-ethyl adjacent to an activating group) is 1. The van der Waals surface area contributed by atoms with Crippen LogP contribution in [0.3, 0.4) is 0 Å². The van der Waals surface area contributed by atoms with Crippen LogP contribution in [0.15, 0.2) is 0 Å². The molecule has 0 aliphatic carbocycles. The van der Waals surface area contributed by atoms with Gasteiger partial charge in [0.15, 0.2) is 0 Å². The Balaban J connectivity index is 4.09. The standard InChI is InChI=1S/C9H21N3OS2/c1-6(11-2)9(14)12-7(8(10)13)4-5-15-3/h6-8,11,13H,4-5,10H2,1-3H3,(H,12,14)/t6-,7-,8?/m0/s1. The largest absolute Gasteiger partial charge is 0.377 e. The van der Waals surface area contributed by atoms with Gasteiger partial charge >= 0.3 is 0 Å². The van der Waals surface area contributed by atoms with E-state index in [9.17, 15) is 5.11 Å². The molecule has 5 N–H and O–H groups in total. The molecule has 0 aliphatic rings. The van der Waals surface area contributed by atoms with Gasteiger partial charge in [0.2, 0.25) is 0 Å². The summed E-state index contributed by atoms with van der Waals surface area (Å²) in [6.45, 7) is 1.96. The molecule has 0 saturated carbocycles. The molecule has 0 heterocycles. The number of rotatable bonds is 7. The third-order valence-electron chi connectivity index (χ3n) is 2.20. The lowest BCUT2D eigenvalue weighted by Gasteiger charge is -2.24. The van der Waals surface area contributed by atoms with Crippen molar-refractivity contribution in [1.29, 1.82) is 0 Å². The lowest BCUT2D eigenvalue weighted by Crippen LogP contribution is -2.51. The van der Waals surface area contributed by atoms with E-state index >= 15 is 0 Å². The van der Waals surface area contributed by atoms with E-state index in [4.69, 9.17) is 18.0 Å². The van der Waals surface area contributed by atoms with Crippen LogP contribution in [0.4, 0.5) is 0 Å². The van der Waals surface area contributed by atoms with E-state index in [1.54, 1.807) is 11.8 Å². The van der Waals surface area contributed by atoms with Gasteiger partial charge in [0.05, 0.1) is 17.1 Å². The first-order valence-corrected chi connectivity index (χ1v) is 6.73. The first-order chi connectivity index (χ1) is 7.02. The first kappa shape index (κ1) is 15.1. The Hall–Kier alpha value is 0.120. The van der Waals surface area contributed by atoms with Crippen molar-refractivity contribution in [2.45, 2.75) is 31.7 Å². The average Bonchev–Trinajstić information content (AvgIpc) is 2.22. The van der Waals surface area contributed by atoms with E-state index in [1.807, 2.05) is 20.2 Å². The summed E-state index contributed by atoms with van der Waals surface area (Å²) in [6, 6.07) is -0.0729. The summed E-state index contributed by atoms with van der Waals surface area (Å²) in [7, 11) is 1.84. The zero-order valence-corrected chi connectivity index (χ0v) is 11.1. The van der Waals surface area contributed by atoms with Crippen molar-refractivity contribution in [3.63, 3.8) is 0 Å². The lowest BCUT2D eigenvalue weighted by atomic mass is 10.2. The smallest absolute Gasteiger partial charge is 0.122 e. The molecule has 4 nitrogen and oxygen atoms in total. The maximum atomic E-state index is 9.37. The van der Waals surface area contributed by atoms with Crippen LogP contribution in [0.5, 0.6) is 0 Å². The van der Waals surface area contributed by atoms with Crippen LogP contribution >= 0.6 is 24.0 Å². The third-order valence-corrected chi connectivity index (χ3v) is 3.31. The number of aliphatic hydroxyl groups excluding tert-OH is 1. The van der Waals surface area contributed by atoms with Gasteiger partial charge < -0.3 is 21.5 Å². The minimum atomic E-state index is -0.876. The van der Waals surface area contributed by atoms with Gasteiger partial charge in [-0.05, 0) is 32.4 Å². The number of aliphatic hydroxyl groups is 1. The van der Waals surface area contributed by atoms with Gasteiger partial charge in [0.25, 0.3) is 0 Å². The van der Waals surface area contributed by atoms with Crippen molar-refractivity contribution >= 4 is 29.0 Å². The molecule has 0 aromatic rings. The molecule has 0 aromatic carbocycles. The topological polar surface area (TPSA) is 70.3 Å². The van der Waals surface area contributed by atoms with Gasteiger partial charge in [0, 0.05) is 0 Å². The summed E-state index contributed by atoms with van der Waals surface area (Å²) in [5.74, 6) is 0.947. The molecule has 0 amide bonds. The molecule has 0 aromatic heterocycles. The van der Waals surface area contributed by atoms with Crippen molar-refractivity contribution in [3.05, 3.63) is 0 Å². The van der Waals surface area contributed by atoms with Gasteiger partial charge in [-0.25, -0.2) is 0 Å². The molecule has 0 rings (SSSR count). The Morgan fingerprint density at radius 3 is 2.60 bits per heavy atom. The van der Waals surface area contributed by atoms with Crippen molar-refractivity contribution < 1.29 is 5.11 Å². The summed E-state index contributed by atoms with van der Waals surface area (Å²) in [5.41, 5.74) is 5.47.